The highest BCUT2D eigenvalue weighted by Gasteiger charge is 2.21. The van der Waals surface area contributed by atoms with E-state index < -0.39 is 0 Å². The minimum absolute atomic E-state index is 0.0493. The van der Waals surface area contributed by atoms with Gasteiger partial charge in [0.05, 0.1) is 10.2 Å². The summed E-state index contributed by atoms with van der Waals surface area (Å²) >= 11 is 1.52. The van der Waals surface area contributed by atoms with Crippen LogP contribution in [-0.2, 0) is 6.42 Å². The van der Waals surface area contributed by atoms with Gasteiger partial charge < -0.3 is 4.90 Å². The summed E-state index contributed by atoms with van der Waals surface area (Å²) in [6, 6.07) is 18.4. The van der Waals surface area contributed by atoms with Gasteiger partial charge in [0, 0.05) is 32.7 Å². The van der Waals surface area contributed by atoms with E-state index in [2.05, 4.69) is 39.5 Å². The van der Waals surface area contributed by atoms with Crippen molar-refractivity contribution in [1.29, 1.82) is 0 Å². The first-order chi connectivity index (χ1) is 12.8. The molecule has 0 bridgehead atoms. The molecule has 3 aromatic rings. The molecule has 2 heterocycles. The Morgan fingerprint density at radius 1 is 1.00 bits per heavy atom. The predicted molar refractivity (Wildman–Crippen MR) is 107 cm³/mol. The summed E-state index contributed by atoms with van der Waals surface area (Å²) in [5.74, 6) is 0. The minimum Gasteiger partial charge on any atom is -0.322 e. The molecule has 0 unspecified atom stereocenters. The second-order valence-corrected chi connectivity index (χ2v) is 7.51. The van der Waals surface area contributed by atoms with E-state index in [1.54, 1.807) is 0 Å². The molecule has 5 nitrogen and oxygen atoms in total. The van der Waals surface area contributed by atoms with Crippen LogP contribution in [0.3, 0.4) is 0 Å². The van der Waals surface area contributed by atoms with Crippen molar-refractivity contribution in [2.24, 2.45) is 0 Å². The number of nitrogens with one attached hydrogen (secondary N) is 1. The zero-order valence-corrected chi connectivity index (χ0v) is 15.4. The molecule has 0 atom stereocenters. The van der Waals surface area contributed by atoms with E-state index in [0.29, 0.717) is 5.13 Å². The van der Waals surface area contributed by atoms with Gasteiger partial charge in [-0.05, 0) is 24.1 Å². The van der Waals surface area contributed by atoms with E-state index in [1.807, 2.05) is 35.2 Å². The van der Waals surface area contributed by atoms with Crippen molar-refractivity contribution in [3.8, 4) is 0 Å². The molecule has 0 radical (unpaired) electrons. The third-order valence-corrected chi connectivity index (χ3v) is 5.68. The Morgan fingerprint density at radius 3 is 2.50 bits per heavy atom. The number of hydrogen-bond donors (Lipinski definition) is 1. The number of thiazole rings is 1. The molecule has 0 spiro atoms. The van der Waals surface area contributed by atoms with Crippen molar-refractivity contribution in [2.45, 2.75) is 6.42 Å². The van der Waals surface area contributed by atoms with Gasteiger partial charge in [-0.2, -0.15) is 0 Å². The van der Waals surface area contributed by atoms with Gasteiger partial charge >= 0.3 is 6.03 Å². The molecule has 6 heteroatoms. The van der Waals surface area contributed by atoms with Gasteiger partial charge in [0.2, 0.25) is 0 Å². The zero-order valence-electron chi connectivity index (χ0n) is 14.6. The average Bonchev–Trinajstić information content (AvgIpc) is 3.10. The van der Waals surface area contributed by atoms with Gasteiger partial charge in [-0.3, -0.25) is 10.2 Å². The number of hydrogen-bond acceptors (Lipinski definition) is 4. The molecule has 0 saturated carbocycles. The fraction of sp³-hybridized carbons (Fsp3) is 0.300. The summed E-state index contributed by atoms with van der Waals surface area (Å²) in [5, 5.41) is 3.62. The highest BCUT2D eigenvalue weighted by molar-refractivity contribution is 7.22. The predicted octanol–water partition coefficient (Wildman–Crippen LogP) is 3.69. The lowest BCUT2D eigenvalue weighted by Crippen LogP contribution is -2.50. The maximum Gasteiger partial charge on any atom is 0.323 e. The SMILES string of the molecule is O=C(Nc1nc2ccccc2s1)N1CCN(CCc2ccccc2)CC1. The van der Waals surface area contributed by atoms with E-state index in [1.165, 1.54) is 16.9 Å². The molecular weight excluding hydrogens is 344 g/mol. The van der Waals surface area contributed by atoms with Crippen LogP contribution in [0.5, 0.6) is 0 Å². The average molecular weight is 366 g/mol. The number of nitrogens with zero attached hydrogens (tertiary/aromatic N) is 3. The molecular formula is C20H22N4OS. The van der Waals surface area contributed by atoms with Crippen LogP contribution in [0.15, 0.2) is 54.6 Å². The largest absolute Gasteiger partial charge is 0.323 e. The monoisotopic (exact) mass is 366 g/mol. The second-order valence-electron chi connectivity index (χ2n) is 6.48. The summed E-state index contributed by atoms with van der Waals surface area (Å²) in [4.78, 5) is 21.3. The number of benzene rings is 2. The van der Waals surface area contributed by atoms with Crippen molar-refractivity contribution in [3.05, 3.63) is 60.2 Å². The number of para-hydroxylation sites is 1. The van der Waals surface area contributed by atoms with E-state index >= 15 is 0 Å². The van der Waals surface area contributed by atoms with Crippen LogP contribution in [0, 0.1) is 0 Å². The Hall–Kier alpha value is -2.44. The molecule has 1 aromatic heterocycles. The van der Waals surface area contributed by atoms with Gasteiger partial charge in [-0.1, -0.05) is 53.8 Å². The first-order valence-electron chi connectivity index (χ1n) is 8.96. The lowest BCUT2D eigenvalue weighted by atomic mass is 10.1. The third kappa shape index (κ3) is 4.03. The van der Waals surface area contributed by atoms with Crippen molar-refractivity contribution in [1.82, 2.24) is 14.8 Å². The van der Waals surface area contributed by atoms with Crippen LogP contribution >= 0.6 is 11.3 Å². The van der Waals surface area contributed by atoms with Crippen LogP contribution in [0.4, 0.5) is 9.93 Å². The number of amides is 2. The van der Waals surface area contributed by atoms with Crippen molar-refractivity contribution in [3.63, 3.8) is 0 Å². The maximum atomic E-state index is 12.5. The van der Waals surface area contributed by atoms with E-state index in [-0.39, 0.29) is 6.03 Å². The van der Waals surface area contributed by atoms with E-state index in [4.69, 9.17) is 0 Å². The summed E-state index contributed by atoms with van der Waals surface area (Å²) < 4.78 is 1.09. The van der Waals surface area contributed by atoms with Gasteiger partial charge in [-0.25, -0.2) is 9.78 Å². The Balaban J connectivity index is 1.26. The number of rotatable bonds is 4. The molecule has 2 amide bonds. The number of piperazine rings is 1. The normalized spacial score (nSPS) is 15.3. The molecule has 0 aliphatic carbocycles. The van der Waals surface area contributed by atoms with Crippen molar-refractivity contribution in [2.75, 3.05) is 38.0 Å². The molecule has 1 N–H and O–H groups in total. The standard InChI is InChI=1S/C20H22N4OS/c25-20(22-19-21-17-8-4-5-9-18(17)26-19)24-14-12-23(13-15-24)11-10-16-6-2-1-3-7-16/h1-9H,10-15H2,(H,21,22,25). The van der Waals surface area contributed by atoms with Crippen LogP contribution < -0.4 is 5.32 Å². The molecule has 4 rings (SSSR count). The highest BCUT2D eigenvalue weighted by atomic mass is 32.1. The quantitative estimate of drug-likeness (QED) is 0.766. The number of carbonyl (C=O) groups excluding carboxylic acids is 1. The van der Waals surface area contributed by atoms with Crippen molar-refractivity contribution >= 4 is 32.7 Å². The fourth-order valence-electron chi connectivity index (χ4n) is 3.20. The Labute approximate surface area is 157 Å². The minimum atomic E-state index is -0.0493. The first-order valence-corrected chi connectivity index (χ1v) is 9.77. The van der Waals surface area contributed by atoms with Gasteiger partial charge in [0.15, 0.2) is 5.13 Å². The fourth-order valence-corrected chi connectivity index (χ4v) is 4.06. The lowest BCUT2D eigenvalue weighted by Gasteiger charge is -2.34. The molecule has 1 saturated heterocycles. The number of carbonyl (C=O) groups is 1. The summed E-state index contributed by atoms with van der Waals surface area (Å²) in [6.45, 7) is 4.38. The third-order valence-electron chi connectivity index (χ3n) is 4.73. The Bertz CT molecular complexity index is 839. The molecule has 1 aliphatic rings. The number of aromatic nitrogens is 1. The van der Waals surface area contributed by atoms with E-state index in [0.717, 1.165) is 49.4 Å². The Kier molecular flexibility index (Phi) is 5.13. The molecule has 2 aromatic carbocycles. The topological polar surface area (TPSA) is 48.5 Å². The number of anilines is 1. The lowest BCUT2D eigenvalue weighted by molar-refractivity contribution is 0.148. The second kappa shape index (κ2) is 7.85. The van der Waals surface area contributed by atoms with Gasteiger partial charge in [-0.15, -0.1) is 0 Å². The van der Waals surface area contributed by atoms with Crippen LogP contribution in [0.25, 0.3) is 10.2 Å². The van der Waals surface area contributed by atoms with Gasteiger partial charge in [0.25, 0.3) is 0 Å². The smallest absolute Gasteiger partial charge is 0.322 e. The molecule has 1 aliphatic heterocycles. The van der Waals surface area contributed by atoms with Crippen LogP contribution in [0.1, 0.15) is 5.56 Å². The van der Waals surface area contributed by atoms with Crippen LogP contribution in [-0.4, -0.2) is 53.5 Å². The highest BCUT2D eigenvalue weighted by Crippen LogP contribution is 2.25. The Morgan fingerprint density at radius 2 is 1.73 bits per heavy atom. The maximum absolute atomic E-state index is 12.5. The van der Waals surface area contributed by atoms with Gasteiger partial charge in [0.1, 0.15) is 0 Å². The number of urea groups is 1. The summed E-state index contributed by atoms with van der Waals surface area (Å²) in [6.07, 6.45) is 1.05. The van der Waals surface area contributed by atoms with Crippen molar-refractivity contribution < 1.29 is 4.79 Å². The molecule has 1 fully saturated rings. The zero-order chi connectivity index (χ0) is 17.8. The van der Waals surface area contributed by atoms with E-state index in [9.17, 15) is 4.79 Å². The number of fused-ring (bicyclic) bond motifs is 1. The first kappa shape index (κ1) is 17.0. The summed E-state index contributed by atoms with van der Waals surface area (Å²) in [5.41, 5.74) is 2.29. The summed E-state index contributed by atoms with van der Waals surface area (Å²) in [7, 11) is 0. The van der Waals surface area contributed by atoms with Crippen LogP contribution in [0.2, 0.25) is 0 Å². The molecule has 134 valence electrons. The molecule has 26 heavy (non-hydrogen) atoms.